The summed E-state index contributed by atoms with van der Waals surface area (Å²) >= 11 is 5.26. The summed E-state index contributed by atoms with van der Waals surface area (Å²) in [4.78, 5) is 11.6. The summed E-state index contributed by atoms with van der Waals surface area (Å²) in [6.45, 7) is 3.59. The van der Waals surface area contributed by atoms with Crippen LogP contribution in [0.2, 0.25) is 0 Å². The van der Waals surface area contributed by atoms with E-state index in [4.69, 9.17) is 22.7 Å². The molecule has 1 heterocycles. The van der Waals surface area contributed by atoms with Crippen LogP contribution >= 0.6 is 12.2 Å². The molecule has 0 unspecified atom stereocenters. The second-order valence-electron chi connectivity index (χ2n) is 4.43. The molecule has 0 spiro atoms. The summed E-state index contributed by atoms with van der Waals surface area (Å²) in [5.41, 5.74) is 5.13. The SMILES string of the molecule is C[C@H](CC(N)=O)CC(=S)NC1CCOCC1. The first kappa shape index (κ1) is 13.4. The number of nitrogens with one attached hydrogen (secondary N) is 1. The van der Waals surface area contributed by atoms with Crippen LogP contribution in [0.1, 0.15) is 32.6 Å². The third-order valence-electron chi connectivity index (χ3n) is 2.67. The van der Waals surface area contributed by atoms with Crippen LogP contribution in [-0.2, 0) is 9.53 Å². The number of ether oxygens (including phenoxy) is 1. The molecular formula is C11H20N2O2S. The lowest BCUT2D eigenvalue weighted by Crippen LogP contribution is -2.38. The van der Waals surface area contributed by atoms with Crippen LogP contribution in [0.15, 0.2) is 0 Å². The minimum Gasteiger partial charge on any atom is -0.381 e. The van der Waals surface area contributed by atoms with E-state index < -0.39 is 0 Å². The van der Waals surface area contributed by atoms with Gasteiger partial charge in [-0.1, -0.05) is 19.1 Å². The molecule has 1 fully saturated rings. The average molecular weight is 244 g/mol. The number of amides is 1. The maximum atomic E-state index is 10.7. The number of rotatable bonds is 5. The second kappa shape index (κ2) is 6.81. The molecule has 0 aromatic carbocycles. The van der Waals surface area contributed by atoms with Crippen LogP contribution in [-0.4, -0.2) is 30.2 Å². The Morgan fingerprint density at radius 2 is 2.12 bits per heavy atom. The summed E-state index contributed by atoms with van der Waals surface area (Å²) in [7, 11) is 0. The van der Waals surface area contributed by atoms with Crippen molar-refractivity contribution < 1.29 is 9.53 Å². The van der Waals surface area contributed by atoms with Crippen molar-refractivity contribution in [2.24, 2.45) is 11.7 Å². The zero-order chi connectivity index (χ0) is 12.0. The number of hydrogen-bond acceptors (Lipinski definition) is 3. The number of carbonyl (C=O) groups is 1. The fourth-order valence-electron chi connectivity index (χ4n) is 1.86. The monoisotopic (exact) mass is 244 g/mol. The van der Waals surface area contributed by atoms with Crippen LogP contribution in [0.4, 0.5) is 0 Å². The number of thiocarbonyl (C=S) groups is 1. The van der Waals surface area contributed by atoms with Crippen molar-refractivity contribution in [1.29, 1.82) is 0 Å². The fourth-order valence-corrected chi connectivity index (χ4v) is 2.31. The Morgan fingerprint density at radius 1 is 1.50 bits per heavy atom. The largest absolute Gasteiger partial charge is 0.381 e. The van der Waals surface area contributed by atoms with Gasteiger partial charge in [0.15, 0.2) is 0 Å². The molecule has 0 bridgehead atoms. The molecule has 0 aliphatic carbocycles. The van der Waals surface area contributed by atoms with Crippen LogP contribution < -0.4 is 11.1 Å². The van der Waals surface area contributed by atoms with Gasteiger partial charge in [-0.25, -0.2) is 0 Å². The highest BCUT2D eigenvalue weighted by molar-refractivity contribution is 7.80. The quantitative estimate of drug-likeness (QED) is 0.708. The molecule has 16 heavy (non-hydrogen) atoms. The van der Waals surface area contributed by atoms with E-state index in [1.54, 1.807) is 0 Å². The first-order valence-electron chi connectivity index (χ1n) is 5.73. The maximum absolute atomic E-state index is 10.7. The predicted molar refractivity (Wildman–Crippen MR) is 67.2 cm³/mol. The Hall–Kier alpha value is -0.680. The Bertz CT molecular complexity index is 252. The average Bonchev–Trinajstić information content (AvgIpc) is 2.17. The van der Waals surface area contributed by atoms with Crippen molar-refractivity contribution in [3.05, 3.63) is 0 Å². The van der Waals surface area contributed by atoms with Crippen LogP contribution in [0.25, 0.3) is 0 Å². The smallest absolute Gasteiger partial charge is 0.217 e. The summed E-state index contributed by atoms with van der Waals surface area (Å²) in [6, 6.07) is 0.432. The lowest BCUT2D eigenvalue weighted by atomic mass is 10.0. The lowest BCUT2D eigenvalue weighted by Gasteiger charge is -2.25. The van der Waals surface area contributed by atoms with Crippen molar-refractivity contribution in [1.82, 2.24) is 5.32 Å². The van der Waals surface area contributed by atoms with E-state index in [-0.39, 0.29) is 11.8 Å². The van der Waals surface area contributed by atoms with Gasteiger partial charge in [-0.15, -0.1) is 0 Å². The molecule has 1 aliphatic rings. The van der Waals surface area contributed by atoms with Crippen LogP contribution in [0.3, 0.4) is 0 Å². The summed E-state index contributed by atoms with van der Waals surface area (Å²) in [6.07, 6.45) is 3.14. The highest BCUT2D eigenvalue weighted by atomic mass is 32.1. The van der Waals surface area contributed by atoms with E-state index in [9.17, 15) is 4.79 Å². The van der Waals surface area contributed by atoms with Gasteiger partial charge in [0.1, 0.15) is 0 Å². The zero-order valence-electron chi connectivity index (χ0n) is 9.70. The van der Waals surface area contributed by atoms with Crippen molar-refractivity contribution >= 4 is 23.1 Å². The van der Waals surface area contributed by atoms with Gasteiger partial charge in [0.2, 0.25) is 5.91 Å². The van der Waals surface area contributed by atoms with Crippen molar-refractivity contribution in [3.63, 3.8) is 0 Å². The van der Waals surface area contributed by atoms with Crippen LogP contribution in [0, 0.1) is 5.92 Å². The third-order valence-corrected chi connectivity index (χ3v) is 2.95. The maximum Gasteiger partial charge on any atom is 0.217 e. The lowest BCUT2D eigenvalue weighted by molar-refractivity contribution is -0.118. The molecular weight excluding hydrogens is 224 g/mol. The highest BCUT2D eigenvalue weighted by Gasteiger charge is 2.16. The predicted octanol–water partition coefficient (Wildman–Crippen LogP) is 0.984. The molecule has 5 heteroatoms. The number of carbonyl (C=O) groups excluding carboxylic acids is 1. The Kier molecular flexibility index (Phi) is 5.69. The van der Waals surface area contributed by atoms with E-state index in [1.165, 1.54) is 0 Å². The first-order valence-corrected chi connectivity index (χ1v) is 6.14. The third kappa shape index (κ3) is 5.42. The van der Waals surface area contributed by atoms with Crippen molar-refractivity contribution in [2.75, 3.05) is 13.2 Å². The first-order chi connectivity index (χ1) is 7.58. The van der Waals surface area contributed by atoms with Gasteiger partial charge < -0.3 is 15.8 Å². The zero-order valence-corrected chi connectivity index (χ0v) is 10.5. The van der Waals surface area contributed by atoms with Crippen molar-refractivity contribution in [2.45, 2.75) is 38.6 Å². The standard InChI is InChI=1S/C11H20N2O2S/c1-8(6-10(12)14)7-11(16)13-9-2-4-15-5-3-9/h8-9H,2-7H2,1H3,(H2,12,14)(H,13,16)/t8-/m1/s1. The van der Waals surface area contributed by atoms with Gasteiger partial charge in [0, 0.05) is 32.1 Å². The van der Waals surface area contributed by atoms with E-state index in [0.717, 1.165) is 37.5 Å². The fraction of sp³-hybridized carbons (Fsp3) is 0.818. The molecule has 3 N–H and O–H groups in total. The van der Waals surface area contributed by atoms with Gasteiger partial charge in [-0.2, -0.15) is 0 Å². The second-order valence-corrected chi connectivity index (χ2v) is 4.93. The molecule has 0 aromatic heterocycles. The molecule has 1 aliphatic heterocycles. The minimum atomic E-state index is -0.263. The Labute approximate surface area is 102 Å². The van der Waals surface area contributed by atoms with E-state index in [1.807, 2.05) is 6.92 Å². The van der Waals surface area contributed by atoms with E-state index >= 15 is 0 Å². The molecule has 0 aromatic rings. The van der Waals surface area contributed by atoms with Gasteiger partial charge in [0.05, 0.1) is 4.99 Å². The molecule has 92 valence electrons. The molecule has 1 rings (SSSR count). The normalized spacial score (nSPS) is 19.1. The number of primary amides is 1. The molecule has 0 radical (unpaired) electrons. The Morgan fingerprint density at radius 3 is 2.69 bits per heavy atom. The van der Waals surface area contributed by atoms with E-state index in [2.05, 4.69) is 5.32 Å². The summed E-state index contributed by atoms with van der Waals surface area (Å²) in [5.74, 6) is -0.0429. The Balaban J connectivity index is 2.21. The molecule has 4 nitrogen and oxygen atoms in total. The molecule has 1 saturated heterocycles. The molecule has 1 amide bonds. The summed E-state index contributed by atoms with van der Waals surface area (Å²) < 4.78 is 5.27. The highest BCUT2D eigenvalue weighted by Crippen LogP contribution is 2.10. The topological polar surface area (TPSA) is 64.4 Å². The van der Waals surface area contributed by atoms with Gasteiger partial charge in [-0.3, -0.25) is 4.79 Å². The van der Waals surface area contributed by atoms with E-state index in [0.29, 0.717) is 12.5 Å². The van der Waals surface area contributed by atoms with Gasteiger partial charge >= 0.3 is 0 Å². The van der Waals surface area contributed by atoms with Crippen molar-refractivity contribution in [3.8, 4) is 0 Å². The summed E-state index contributed by atoms with van der Waals surface area (Å²) in [5, 5.41) is 3.32. The van der Waals surface area contributed by atoms with Crippen LogP contribution in [0.5, 0.6) is 0 Å². The number of hydrogen-bond donors (Lipinski definition) is 2. The molecule has 0 saturated carbocycles. The minimum absolute atomic E-state index is 0.220. The van der Waals surface area contributed by atoms with Gasteiger partial charge in [0.25, 0.3) is 0 Å². The van der Waals surface area contributed by atoms with Gasteiger partial charge in [-0.05, 0) is 18.8 Å². The molecule has 1 atom stereocenters. The number of nitrogens with two attached hydrogens (primary N) is 1.